The van der Waals surface area contributed by atoms with Crippen LogP contribution in [0.2, 0.25) is 0 Å². The number of nitrogens with one attached hydrogen (secondary N) is 2. The number of benzene rings is 1. The molecule has 0 radical (unpaired) electrons. The molecule has 1 aromatic carbocycles. The number of urea groups is 1. The molecule has 2 aliphatic heterocycles. The van der Waals surface area contributed by atoms with E-state index in [1.54, 1.807) is 18.2 Å². The third-order valence-electron chi connectivity index (χ3n) is 4.53. The molecule has 0 saturated carbocycles. The Morgan fingerprint density at radius 2 is 2.21 bits per heavy atom. The van der Waals surface area contributed by atoms with Crippen molar-refractivity contribution in [1.82, 2.24) is 20.4 Å². The number of likely N-dealkylation sites (tertiary alicyclic amines) is 1. The molecule has 2 aliphatic rings. The van der Waals surface area contributed by atoms with Gasteiger partial charge >= 0.3 is 6.03 Å². The molecular formula is C17H22N4O3. The van der Waals surface area contributed by atoms with E-state index < -0.39 is 0 Å². The SMILES string of the molecule is CNCC1CCCN1C(=O)c1cccc(CN2C(=O)CNC2=O)c1. The van der Waals surface area contributed by atoms with E-state index in [2.05, 4.69) is 10.6 Å². The summed E-state index contributed by atoms with van der Waals surface area (Å²) in [6.45, 7) is 1.78. The highest BCUT2D eigenvalue weighted by molar-refractivity contribution is 6.02. The van der Waals surface area contributed by atoms with Gasteiger partial charge in [0.05, 0.1) is 13.1 Å². The Morgan fingerprint density at radius 3 is 2.92 bits per heavy atom. The summed E-state index contributed by atoms with van der Waals surface area (Å²) in [7, 11) is 1.89. The summed E-state index contributed by atoms with van der Waals surface area (Å²) >= 11 is 0. The van der Waals surface area contributed by atoms with Gasteiger partial charge in [-0.25, -0.2) is 4.79 Å². The minimum absolute atomic E-state index is 0.00630. The topological polar surface area (TPSA) is 81.8 Å². The Balaban J connectivity index is 1.74. The van der Waals surface area contributed by atoms with E-state index in [1.807, 2.05) is 18.0 Å². The molecule has 7 nitrogen and oxygen atoms in total. The molecule has 1 aromatic rings. The van der Waals surface area contributed by atoms with Crippen LogP contribution in [0.15, 0.2) is 24.3 Å². The van der Waals surface area contributed by atoms with E-state index in [4.69, 9.17) is 0 Å². The van der Waals surface area contributed by atoms with E-state index in [-0.39, 0.29) is 37.0 Å². The van der Waals surface area contributed by atoms with Gasteiger partial charge in [0.15, 0.2) is 0 Å². The van der Waals surface area contributed by atoms with Crippen molar-refractivity contribution in [3.8, 4) is 0 Å². The minimum Gasteiger partial charge on any atom is -0.334 e. The molecule has 24 heavy (non-hydrogen) atoms. The number of carbonyl (C=O) groups excluding carboxylic acids is 3. The monoisotopic (exact) mass is 330 g/mol. The zero-order valence-electron chi connectivity index (χ0n) is 13.7. The Bertz CT molecular complexity index is 645. The van der Waals surface area contributed by atoms with E-state index in [0.717, 1.165) is 31.5 Å². The van der Waals surface area contributed by atoms with Crippen molar-refractivity contribution >= 4 is 17.8 Å². The largest absolute Gasteiger partial charge is 0.334 e. The van der Waals surface area contributed by atoms with Crippen molar-refractivity contribution in [2.45, 2.75) is 25.4 Å². The number of amides is 4. The smallest absolute Gasteiger partial charge is 0.324 e. The van der Waals surface area contributed by atoms with Crippen LogP contribution in [-0.4, -0.2) is 60.4 Å². The van der Waals surface area contributed by atoms with Gasteiger partial charge in [0, 0.05) is 24.7 Å². The molecule has 2 N–H and O–H groups in total. The fourth-order valence-electron chi connectivity index (χ4n) is 3.32. The van der Waals surface area contributed by atoms with Gasteiger partial charge in [-0.1, -0.05) is 12.1 Å². The average molecular weight is 330 g/mol. The summed E-state index contributed by atoms with van der Waals surface area (Å²) < 4.78 is 0. The zero-order chi connectivity index (χ0) is 17.1. The highest BCUT2D eigenvalue weighted by Gasteiger charge is 2.30. The van der Waals surface area contributed by atoms with Crippen molar-refractivity contribution in [2.24, 2.45) is 0 Å². The molecule has 0 aromatic heterocycles. The van der Waals surface area contributed by atoms with Crippen LogP contribution in [0.1, 0.15) is 28.8 Å². The molecule has 2 fully saturated rings. The molecule has 0 spiro atoms. The van der Waals surface area contributed by atoms with Crippen LogP contribution >= 0.6 is 0 Å². The van der Waals surface area contributed by atoms with Crippen LogP contribution in [-0.2, 0) is 11.3 Å². The molecule has 1 unspecified atom stereocenters. The second kappa shape index (κ2) is 7.00. The molecule has 0 aliphatic carbocycles. The van der Waals surface area contributed by atoms with Gasteiger partial charge < -0.3 is 15.5 Å². The van der Waals surface area contributed by atoms with E-state index in [9.17, 15) is 14.4 Å². The van der Waals surface area contributed by atoms with Crippen molar-refractivity contribution in [2.75, 3.05) is 26.7 Å². The van der Waals surface area contributed by atoms with E-state index in [1.165, 1.54) is 4.90 Å². The van der Waals surface area contributed by atoms with Crippen molar-refractivity contribution in [3.05, 3.63) is 35.4 Å². The second-order valence-electron chi connectivity index (χ2n) is 6.19. The molecule has 0 bridgehead atoms. The standard InChI is InChI=1S/C17H22N4O3/c1-18-9-14-6-3-7-20(14)16(23)13-5-2-4-12(8-13)11-21-15(22)10-19-17(21)24/h2,4-5,8,14,18H,3,6-7,9-11H2,1H3,(H,19,24). The van der Waals surface area contributed by atoms with Gasteiger partial charge in [-0.3, -0.25) is 14.5 Å². The van der Waals surface area contributed by atoms with E-state index >= 15 is 0 Å². The quantitative estimate of drug-likeness (QED) is 0.773. The lowest BCUT2D eigenvalue weighted by Gasteiger charge is -2.25. The highest BCUT2D eigenvalue weighted by Crippen LogP contribution is 2.20. The normalized spacial score (nSPS) is 20.6. The molecule has 2 heterocycles. The first kappa shape index (κ1) is 16.4. The van der Waals surface area contributed by atoms with Gasteiger partial charge in [0.25, 0.3) is 5.91 Å². The van der Waals surface area contributed by atoms with Gasteiger partial charge in [-0.15, -0.1) is 0 Å². The maximum absolute atomic E-state index is 12.8. The van der Waals surface area contributed by atoms with Crippen LogP contribution in [0.5, 0.6) is 0 Å². The fraction of sp³-hybridized carbons (Fsp3) is 0.471. The number of nitrogens with zero attached hydrogens (tertiary/aromatic N) is 2. The van der Waals surface area contributed by atoms with Gasteiger partial charge in [0.1, 0.15) is 0 Å². The van der Waals surface area contributed by atoms with E-state index in [0.29, 0.717) is 5.56 Å². The van der Waals surface area contributed by atoms with Crippen molar-refractivity contribution < 1.29 is 14.4 Å². The third-order valence-corrected chi connectivity index (χ3v) is 4.53. The number of imide groups is 1. The van der Waals surface area contributed by atoms with Gasteiger partial charge in [-0.05, 0) is 37.6 Å². The summed E-state index contributed by atoms with van der Waals surface area (Å²) in [5.74, 6) is -0.239. The Hall–Kier alpha value is -2.41. The highest BCUT2D eigenvalue weighted by atomic mass is 16.2. The number of rotatable bonds is 5. The maximum Gasteiger partial charge on any atom is 0.324 e. The van der Waals surface area contributed by atoms with Crippen molar-refractivity contribution in [1.29, 1.82) is 0 Å². The number of likely N-dealkylation sites (N-methyl/N-ethyl adjacent to an activating group) is 1. The minimum atomic E-state index is -0.384. The zero-order valence-corrected chi connectivity index (χ0v) is 13.7. The van der Waals surface area contributed by atoms with Crippen LogP contribution in [0.25, 0.3) is 0 Å². The fourth-order valence-corrected chi connectivity index (χ4v) is 3.32. The summed E-state index contributed by atoms with van der Waals surface area (Å²) in [4.78, 5) is 39.2. The summed E-state index contributed by atoms with van der Waals surface area (Å²) in [5, 5.41) is 5.63. The Kier molecular flexibility index (Phi) is 4.80. The van der Waals surface area contributed by atoms with Crippen LogP contribution < -0.4 is 10.6 Å². The van der Waals surface area contributed by atoms with Crippen LogP contribution in [0.4, 0.5) is 4.79 Å². The molecule has 7 heteroatoms. The summed E-state index contributed by atoms with van der Waals surface area (Å²) in [5.41, 5.74) is 1.37. The second-order valence-corrected chi connectivity index (χ2v) is 6.19. The first-order valence-electron chi connectivity index (χ1n) is 8.23. The average Bonchev–Trinajstić information content (AvgIpc) is 3.17. The lowest BCUT2D eigenvalue weighted by Crippen LogP contribution is -2.40. The molecule has 128 valence electrons. The molecule has 2 saturated heterocycles. The van der Waals surface area contributed by atoms with Crippen molar-refractivity contribution in [3.63, 3.8) is 0 Å². The predicted octanol–water partition coefficient (Wildman–Crippen LogP) is 0.562. The first-order valence-corrected chi connectivity index (χ1v) is 8.23. The lowest BCUT2D eigenvalue weighted by molar-refractivity contribution is -0.125. The molecular weight excluding hydrogens is 308 g/mol. The number of hydrogen-bond donors (Lipinski definition) is 2. The maximum atomic E-state index is 12.8. The Morgan fingerprint density at radius 1 is 1.38 bits per heavy atom. The van der Waals surface area contributed by atoms with Crippen LogP contribution in [0.3, 0.4) is 0 Å². The third kappa shape index (κ3) is 3.26. The Labute approximate surface area is 141 Å². The molecule has 4 amide bonds. The summed E-state index contributed by atoms with van der Waals surface area (Å²) in [6.07, 6.45) is 2.02. The molecule has 1 atom stereocenters. The van der Waals surface area contributed by atoms with Gasteiger partial charge in [-0.2, -0.15) is 0 Å². The lowest BCUT2D eigenvalue weighted by atomic mass is 10.1. The predicted molar refractivity (Wildman–Crippen MR) is 88.4 cm³/mol. The summed E-state index contributed by atoms with van der Waals surface area (Å²) in [6, 6.07) is 7.01. The first-order chi connectivity index (χ1) is 11.6. The number of hydrogen-bond acceptors (Lipinski definition) is 4. The van der Waals surface area contributed by atoms with Crippen LogP contribution in [0, 0.1) is 0 Å². The van der Waals surface area contributed by atoms with Gasteiger partial charge in [0.2, 0.25) is 5.91 Å². The molecule has 3 rings (SSSR count). The number of carbonyl (C=O) groups is 3.